The molecule has 1 atom stereocenters. The van der Waals surface area contributed by atoms with Crippen LogP contribution < -0.4 is 10.1 Å². The molecule has 1 aromatic heterocycles. The maximum absolute atomic E-state index is 11.7. The van der Waals surface area contributed by atoms with E-state index in [-0.39, 0.29) is 5.91 Å². The van der Waals surface area contributed by atoms with Crippen LogP contribution in [0.2, 0.25) is 0 Å². The molecule has 1 amide bonds. The van der Waals surface area contributed by atoms with Gasteiger partial charge in [-0.05, 0) is 73.3 Å². The van der Waals surface area contributed by atoms with Crippen molar-refractivity contribution < 1.29 is 9.53 Å². The zero-order valence-electron chi connectivity index (χ0n) is 15.7. The van der Waals surface area contributed by atoms with Crippen molar-refractivity contribution in [3.63, 3.8) is 0 Å². The Kier molecular flexibility index (Phi) is 4.35. The minimum Gasteiger partial charge on any atom is -0.439 e. The standard InChI is InChI=1S/C23H26N2O2/c26-23-20-11-12-22(25-21(20)14-24-23)27-19-10-9-17-8-7-16(15-3-1-4-15)5-2-6-18(17)13-19/h9-13,15-16H,1-8,14H2,(H,24,26). The quantitative estimate of drug-likeness (QED) is 0.853. The SMILES string of the molecule is O=C1NCc2nc(Oc3ccc4c(c3)CCCC(C3CCC3)CC4)ccc21. The Morgan fingerprint density at radius 2 is 1.78 bits per heavy atom. The predicted molar refractivity (Wildman–Crippen MR) is 104 cm³/mol. The van der Waals surface area contributed by atoms with Crippen LogP contribution in [0.4, 0.5) is 0 Å². The molecule has 1 saturated carbocycles. The third-order valence-electron chi connectivity index (χ3n) is 6.63. The van der Waals surface area contributed by atoms with E-state index in [0.29, 0.717) is 18.0 Å². The number of pyridine rings is 1. The zero-order chi connectivity index (χ0) is 18.2. The van der Waals surface area contributed by atoms with Gasteiger partial charge in [0, 0.05) is 6.07 Å². The molecule has 1 N–H and O–H groups in total. The van der Waals surface area contributed by atoms with Crippen molar-refractivity contribution >= 4 is 5.91 Å². The fourth-order valence-corrected chi connectivity index (χ4v) is 4.82. The van der Waals surface area contributed by atoms with Crippen LogP contribution >= 0.6 is 0 Å². The summed E-state index contributed by atoms with van der Waals surface area (Å²) >= 11 is 0. The highest BCUT2D eigenvalue weighted by molar-refractivity contribution is 5.97. The van der Waals surface area contributed by atoms with Gasteiger partial charge in [0.15, 0.2) is 0 Å². The van der Waals surface area contributed by atoms with E-state index in [1.54, 1.807) is 12.1 Å². The van der Waals surface area contributed by atoms with Gasteiger partial charge >= 0.3 is 0 Å². The number of aryl methyl sites for hydroxylation is 2. The minimum atomic E-state index is -0.0506. The lowest BCUT2D eigenvalue weighted by Gasteiger charge is -2.35. The van der Waals surface area contributed by atoms with E-state index in [9.17, 15) is 4.79 Å². The Balaban J connectivity index is 1.31. The summed E-state index contributed by atoms with van der Waals surface area (Å²) in [7, 11) is 0. The number of rotatable bonds is 3. The van der Waals surface area contributed by atoms with Gasteiger partial charge in [-0.3, -0.25) is 4.79 Å². The normalized spacial score (nSPS) is 22.1. The van der Waals surface area contributed by atoms with Gasteiger partial charge in [-0.15, -0.1) is 0 Å². The molecule has 2 aromatic rings. The molecule has 4 heteroatoms. The molecule has 0 bridgehead atoms. The van der Waals surface area contributed by atoms with E-state index in [1.165, 1.54) is 56.1 Å². The molecule has 1 fully saturated rings. The van der Waals surface area contributed by atoms with Crippen LogP contribution in [0.5, 0.6) is 11.6 Å². The average molecular weight is 362 g/mol. The van der Waals surface area contributed by atoms with Crippen LogP contribution in [0.25, 0.3) is 0 Å². The second-order valence-electron chi connectivity index (χ2n) is 8.24. The highest BCUT2D eigenvalue weighted by atomic mass is 16.5. The lowest BCUT2D eigenvalue weighted by molar-refractivity contribution is 0.0966. The van der Waals surface area contributed by atoms with E-state index < -0.39 is 0 Å². The molecule has 0 radical (unpaired) electrons. The van der Waals surface area contributed by atoms with Crippen molar-refractivity contribution in [2.45, 2.75) is 57.9 Å². The van der Waals surface area contributed by atoms with Gasteiger partial charge in [0.25, 0.3) is 5.91 Å². The molecule has 1 aromatic carbocycles. The van der Waals surface area contributed by atoms with Gasteiger partial charge in [0.1, 0.15) is 5.75 Å². The van der Waals surface area contributed by atoms with Crippen LogP contribution in [-0.2, 0) is 19.4 Å². The zero-order valence-corrected chi connectivity index (χ0v) is 15.7. The van der Waals surface area contributed by atoms with Crippen molar-refractivity contribution in [3.05, 3.63) is 52.7 Å². The molecular formula is C23H26N2O2. The minimum absolute atomic E-state index is 0.0506. The molecule has 1 unspecified atom stereocenters. The predicted octanol–water partition coefficient (Wildman–Crippen LogP) is 4.80. The summed E-state index contributed by atoms with van der Waals surface area (Å²) in [6, 6.07) is 10.1. The third kappa shape index (κ3) is 3.33. The van der Waals surface area contributed by atoms with Crippen LogP contribution in [0.3, 0.4) is 0 Å². The lowest BCUT2D eigenvalue weighted by Crippen LogP contribution is -2.23. The average Bonchev–Trinajstić information content (AvgIpc) is 2.97. The number of carbonyl (C=O) groups is 1. The maximum atomic E-state index is 11.7. The van der Waals surface area contributed by atoms with Gasteiger partial charge < -0.3 is 10.1 Å². The summed E-state index contributed by atoms with van der Waals surface area (Å²) in [5.74, 6) is 3.29. The van der Waals surface area contributed by atoms with E-state index in [2.05, 4.69) is 28.5 Å². The first kappa shape index (κ1) is 16.8. The third-order valence-corrected chi connectivity index (χ3v) is 6.63. The summed E-state index contributed by atoms with van der Waals surface area (Å²) in [5, 5.41) is 2.79. The molecule has 2 aliphatic carbocycles. The molecule has 0 saturated heterocycles. The number of nitrogens with one attached hydrogen (secondary N) is 1. The molecule has 4 nitrogen and oxygen atoms in total. The number of benzene rings is 1. The van der Waals surface area contributed by atoms with Gasteiger partial charge in [-0.25, -0.2) is 4.98 Å². The maximum Gasteiger partial charge on any atom is 0.253 e. The van der Waals surface area contributed by atoms with Gasteiger partial charge in [0.2, 0.25) is 5.88 Å². The van der Waals surface area contributed by atoms with E-state index in [1.807, 2.05) is 0 Å². The summed E-state index contributed by atoms with van der Waals surface area (Å²) in [5.41, 5.74) is 4.34. The van der Waals surface area contributed by atoms with Crippen LogP contribution in [-0.4, -0.2) is 10.9 Å². The molecule has 0 spiro atoms. The van der Waals surface area contributed by atoms with E-state index in [4.69, 9.17) is 4.74 Å². The molecule has 2 heterocycles. The van der Waals surface area contributed by atoms with Gasteiger partial charge in [-0.1, -0.05) is 25.3 Å². The summed E-state index contributed by atoms with van der Waals surface area (Å²) in [6.45, 7) is 0.484. The van der Waals surface area contributed by atoms with E-state index >= 15 is 0 Å². The Morgan fingerprint density at radius 1 is 0.926 bits per heavy atom. The smallest absolute Gasteiger partial charge is 0.253 e. The molecular weight excluding hydrogens is 336 g/mol. The van der Waals surface area contributed by atoms with Crippen molar-refractivity contribution in [2.75, 3.05) is 0 Å². The first-order valence-corrected chi connectivity index (χ1v) is 10.3. The number of ether oxygens (including phenoxy) is 1. The Labute approximate surface area is 160 Å². The van der Waals surface area contributed by atoms with Crippen molar-refractivity contribution in [1.82, 2.24) is 10.3 Å². The van der Waals surface area contributed by atoms with E-state index in [0.717, 1.165) is 29.7 Å². The molecule has 27 heavy (non-hydrogen) atoms. The summed E-state index contributed by atoms with van der Waals surface area (Å²) in [4.78, 5) is 16.1. The van der Waals surface area contributed by atoms with Crippen LogP contribution in [0.1, 0.15) is 65.7 Å². The Morgan fingerprint density at radius 3 is 2.63 bits per heavy atom. The van der Waals surface area contributed by atoms with Gasteiger partial charge in [0.05, 0.1) is 17.8 Å². The number of fused-ring (bicyclic) bond motifs is 2. The second-order valence-corrected chi connectivity index (χ2v) is 8.24. The monoisotopic (exact) mass is 362 g/mol. The number of nitrogens with zero attached hydrogens (tertiary/aromatic N) is 1. The number of hydrogen-bond donors (Lipinski definition) is 1. The van der Waals surface area contributed by atoms with Crippen LogP contribution in [0.15, 0.2) is 30.3 Å². The summed E-state index contributed by atoms with van der Waals surface area (Å²) < 4.78 is 6.01. The van der Waals surface area contributed by atoms with Crippen molar-refractivity contribution in [2.24, 2.45) is 11.8 Å². The fraction of sp³-hybridized carbons (Fsp3) is 0.478. The van der Waals surface area contributed by atoms with Crippen molar-refractivity contribution in [1.29, 1.82) is 0 Å². The fourth-order valence-electron chi connectivity index (χ4n) is 4.82. The first-order valence-electron chi connectivity index (χ1n) is 10.3. The first-order chi connectivity index (χ1) is 13.3. The highest BCUT2D eigenvalue weighted by Crippen LogP contribution is 2.40. The van der Waals surface area contributed by atoms with Gasteiger partial charge in [-0.2, -0.15) is 0 Å². The molecule has 5 rings (SSSR count). The molecule has 3 aliphatic rings. The lowest BCUT2D eigenvalue weighted by atomic mass is 9.71. The number of hydrogen-bond acceptors (Lipinski definition) is 3. The number of aromatic nitrogens is 1. The second kappa shape index (κ2) is 6.99. The topological polar surface area (TPSA) is 51.2 Å². The Bertz CT molecular complexity index is 873. The number of amides is 1. The Hall–Kier alpha value is -2.36. The molecule has 1 aliphatic heterocycles. The molecule has 140 valence electrons. The number of carbonyl (C=O) groups excluding carboxylic acids is 1. The highest BCUT2D eigenvalue weighted by Gasteiger charge is 2.28. The summed E-state index contributed by atoms with van der Waals surface area (Å²) in [6.07, 6.45) is 10.7. The van der Waals surface area contributed by atoms with Crippen LogP contribution in [0, 0.1) is 11.8 Å². The largest absolute Gasteiger partial charge is 0.439 e. The van der Waals surface area contributed by atoms with Crippen molar-refractivity contribution in [3.8, 4) is 11.6 Å².